The second-order valence-electron chi connectivity index (χ2n) is 5.80. The van der Waals surface area contributed by atoms with Crippen molar-refractivity contribution in [1.29, 1.82) is 0 Å². The fourth-order valence-corrected chi connectivity index (χ4v) is 3.52. The Morgan fingerprint density at radius 2 is 1.73 bits per heavy atom. The van der Waals surface area contributed by atoms with Crippen LogP contribution in [0.15, 0.2) is 24.3 Å². The van der Waals surface area contributed by atoms with Crippen molar-refractivity contribution in [2.45, 2.75) is 43.9 Å². The van der Waals surface area contributed by atoms with Crippen molar-refractivity contribution in [2.75, 3.05) is 7.11 Å². The Hall–Kier alpha value is -2.24. The molecule has 0 radical (unpaired) electrons. The van der Waals surface area contributed by atoms with E-state index in [1.807, 2.05) is 0 Å². The molecule has 0 saturated carbocycles. The number of rotatable bonds is 3. The minimum absolute atomic E-state index is 0.0251. The molecule has 3 rings (SSSR count). The van der Waals surface area contributed by atoms with Crippen molar-refractivity contribution in [3.63, 3.8) is 0 Å². The van der Waals surface area contributed by atoms with E-state index >= 15 is 0 Å². The molecule has 2 saturated heterocycles. The summed E-state index contributed by atoms with van der Waals surface area (Å²) in [6.07, 6.45) is 2.48. The van der Waals surface area contributed by atoms with Crippen molar-refractivity contribution in [2.24, 2.45) is 0 Å². The van der Waals surface area contributed by atoms with E-state index in [4.69, 9.17) is 4.74 Å². The van der Waals surface area contributed by atoms with E-state index in [1.54, 1.807) is 29.2 Å². The van der Waals surface area contributed by atoms with Gasteiger partial charge in [0, 0.05) is 24.9 Å². The van der Waals surface area contributed by atoms with Crippen LogP contribution in [0.25, 0.3) is 0 Å². The van der Waals surface area contributed by atoms with Gasteiger partial charge in [0.2, 0.25) is 0 Å². The Kier molecular flexibility index (Phi) is 3.92. The summed E-state index contributed by atoms with van der Waals surface area (Å²) < 4.78 is 10.6. The molecule has 2 bridgehead atoms. The standard InChI is InChI=1S/C16H19NO5/c1-21-15(18)10-2-6-13(7-3-10)22-14-8-11-4-5-12(9-14)17(11)16(19)20/h2-3,6-7,11-12,14H,4-5,8-9H2,1H3,(H,19,20). The largest absolute Gasteiger partial charge is 0.490 e. The van der Waals surface area contributed by atoms with E-state index in [1.165, 1.54) is 7.11 Å². The number of fused-ring (bicyclic) bond motifs is 2. The summed E-state index contributed by atoms with van der Waals surface area (Å²) in [5.41, 5.74) is 0.482. The zero-order valence-electron chi connectivity index (χ0n) is 12.4. The lowest BCUT2D eigenvalue weighted by Crippen LogP contribution is -2.48. The molecule has 22 heavy (non-hydrogen) atoms. The highest BCUT2D eigenvalue weighted by molar-refractivity contribution is 5.89. The molecule has 2 atom stereocenters. The van der Waals surface area contributed by atoms with Gasteiger partial charge in [0.05, 0.1) is 12.7 Å². The summed E-state index contributed by atoms with van der Waals surface area (Å²) in [7, 11) is 1.35. The summed E-state index contributed by atoms with van der Waals surface area (Å²) in [4.78, 5) is 24.2. The molecule has 6 heteroatoms. The molecule has 1 N–H and O–H groups in total. The van der Waals surface area contributed by atoms with Gasteiger partial charge in [-0.2, -0.15) is 0 Å². The van der Waals surface area contributed by atoms with Gasteiger partial charge in [-0.15, -0.1) is 0 Å². The molecule has 2 heterocycles. The van der Waals surface area contributed by atoms with Gasteiger partial charge in [-0.1, -0.05) is 0 Å². The Bertz CT molecular complexity index is 556. The fraction of sp³-hybridized carbons (Fsp3) is 0.500. The predicted molar refractivity (Wildman–Crippen MR) is 78.1 cm³/mol. The van der Waals surface area contributed by atoms with Gasteiger partial charge in [-0.25, -0.2) is 9.59 Å². The van der Waals surface area contributed by atoms with Gasteiger partial charge in [-0.05, 0) is 37.1 Å². The Morgan fingerprint density at radius 1 is 1.14 bits per heavy atom. The van der Waals surface area contributed by atoms with E-state index in [2.05, 4.69) is 4.74 Å². The molecule has 2 aliphatic heterocycles. The first kappa shape index (κ1) is 14.7. The van der Waals surface area contributed by atoms with E-state index in [0.29, 0.717) is 11.3 Å². The first-order valence-electron chi connectivity index (χ1n) is 7.44. The molecule has 1 aromatic carbocycles. The summed E-state index contributed by atoms with van der Waals surface area (Å²) in [6, 6.07) is 6.96. The van der Waals surface area contributed by atoms with E-state index in [0.717, 1.165) is 25.7 Å². The Labute approximate surface area is 128 Å². The van der Waals surface area contributed by atoms with E-state index in [9.17, 15) is 14.7 Å². The van der Waals surface area contributed by atoms with Gasteiger partial charge in [0.15, 0.2) is 0 Å². The monoisotopic (exact) mass is 305 g/mol. The van der Waals surface area contributed by atoms with Crippen molar-refractivity contribution in [3.8, 4) is 5.75 Å². The molecule has 1 aromatic rings. The second kappa shape index (κ2) is 5.87. The summed E-state index contributed by atoms with van der Waals surface area (Å²) in [5, 5.41) is 9.24. The van der Waals surface area contributed by atoms with Crippen LogP contribution in [0.5, 0.6) is 5.75 Å². The minimum Gasteiger partial charge on any atom is -0.490 e. The zero-order valence-corrected chi connectivity index (χ0v) is 12.4. The number of nitrogens with zero attached hydrogens (tertiary/aromatic N) is 1. The van der Waals surface area contributed by atoms with Crippen LogP contribution in [0.1, 0.15) is 36.0 Å². The van der Waals surface area contributed by atoms with Crippen LogP contribution in [-0.4, -0.2) is 47.4 Å². The number of benzene rings is 1. The number of ether oxygens (including phenoxy) is 2. The predicted octanol–water partition coefficient (Wildman–Crippen LogP) is 2.53. The highest BCUT2D eigenvalue weighted by atomic mass is 16.5. The second-order valence-corrected chi connectivity index (χ2v) is 5.80. The summed E-state index contributed by atoms with van der Waals surface area (Å²) in [5.74, 6) is 0.320. The number of carbonyl (C=O) groups is 2. The van der Waals surface area contributed by atoms with Crippen molar-refractivity contribution in [1.82, 2.24) is 4.90 Å². The minimum atomic E-state index is -0.826. The molecule has 2 unspecified atom stereocenters. The lowest BCUT2D eigenvalue weighted by Gasteiger charge is -2.37. The number of carbonyl (C=O) groups excluding carboxylic acids is 1. The number of piperidine rings is 1. The normalized spacial score (nSPS) is 26.6. The summed E-state index contributed by atoms with van der Waals surface area (Å²) in [6.45, 7) is 0. The lowest BCUT2D eigenvalue weighted by molar-refractivity contribution is 0.0496. The maximum Gasteiger partial charge on any atom is 0.407 e. The van der Waals surface area contributed by atoms with Gasteiger partial charge in [0.25, 0.3) is 0 Å². The maximum absolute atomic E-state index is 11.4. The van der Waals surface area contributed by atoms with Crippen LogP contribution in [0.4, 0.5) is 4.79 Å². The molecule has 2 fully saturated rings. The van der Waals surface area contributed by atoms with Gasteiger partial charge in [-0.3, -0.25) is 0 Å². The van der Waals surface area contributed by atoms with E-state index < -0.39 is 6.09 Å². The molecular formula is C16H19NO5. The smallest absolute Gasteiger partial charge is 0.407 e. The average Bonchev–Trinajstić information content (AvgIpc) is 2.79. The van der Waals surface area contributed by atoms with Crippen LogP contribution >= 0.6 is 0 Å². The van der Waals surface area contributed by atoms with Crippen LogP contribution in [0, 0.1) is 0 Å². The van der Waals surface area contributed by atoms with Crippen LogP contribution in [0.2, 0.25) is 0 Å². The molecule has 1 amide bonds. The van der Waals surface area contributed by atoms with Gasteiger partial charge < -0.3 is 19.5 Å². The Morgan fingerprint density at radius 3 is 2.23 bits per heavy atom. The molecule has 118 valence electrons. The Balaban J connectivity index is 1.63. The first-order valence-corrected chi connectivity index (χ1v) is 7.44. The van der Waals surface area contributed by atoms with E-state index in [-0.39, 0.29) is 24.2 Å². The molecule has 0 aromatic heterocycles. The van der Waals surface area contributed by atoms with Crippen LogP contribution in [0.3, 0.4) is 0 Å². The third kappa shape index (κ3) is 2.73. The fourth-order valence-electron chi connectivity index (χ4n) is 3.52. The van der Waals surface area contributed by atoms with Gasteiger partial charge in [0.1, 0.15) is 11.9 Å². The zero-order chi connectivity index (χ0) is 15.7. The van der Waals surface area contributed by atoms with Gasteiger partial charge >= 0.3 is 12.1 Å². The topological polar surface area (TPSA) is 76.1 Å². The number of hydrogen-bond acceptors (Lipinski definition) is 4. The van der Waals surface area contributed by atoms with Crippen molar-refractivity contribution in [3.05, 3.63) is 29.8 Å². The van der Waals surface area contributed by atoms with Crippen molar-refractivity contribution >= 4 is 12.1 Å². The molecule has 0 aliphatic carbocycles. The first-order chi connectivity index (χ1) is 10.6. The number of hydrogen-bond donors (Lipinski definition) is 1. The number of methoxy groups -OCH3 is 1. The highest BCUT2D eigenvalue weighted by Crippen LogP contribution is 2.37. The van der Waals surface area contributed by atoms with Crippen LogP contribution < -0.4 is 4.74 Å². The maximum atomic E-state index is 11.4. The third-order valence-electron chi connectivity index (χ3n) is 4.49. The highest BCUT2D eigenvalue weighted by Gasteiger charge is 2.44. The molecule has 2 aliphatic rings. The SMILES string of the molecule is COC(=O)c1ccc(OC2CC3CCC(C2)N3C(=O)O)cc1. The molecular weight excluding hydrogens is 286 g/mol. The number of esters is 1. The third-order valence-corrected chi connectivity index (χ3v) is 4.49. The quantitative estimate of drug-likeness (QED) is 0.868. The summed E-state index contributed by atoms with van der Waals surface area (Å²) >= 11 is 0. The van der Waals surface area contributed by atoms with Crippen molar-refractivity contribution < 1.29 is 24.2 Å². The number of amides is 1. The molecule has 0 spiro atoms. The number of carboxylic acid groups (broad SMARTS) is 1. The average molecular weight is 305 g/mol. The van der Waals surface area contributed by atoms with Crippen LogP contribution in [-0.2, 0) is 4.74 Å². The lowest BCUT2D eigenvalue weighted by atomic mass is 10.00. The molecule has 6 nitrogen and oxygen atoms in total.